The summed E-state index contributed by atoms with van der Waals surface area (Å²) < 4.78 is 4.96. The summed E-state index contributed by atoms with van der Waals surface area (Å²) in [6.45, 7) is 5.96. The van der Waals surface area contributed by atoms with Crippen molar-refractivity contribution >= 4 is 5.97 Å². The maximum atomic E-state index is 11.9. The molecule has 0 amide bonds. The Bertz CT molecular complexity index is 325. The van der Waals surface area contributed by atoms with Crippen molar-refractivity contribution in [2.24, 2.45) is 11.8 Å². The van der Waals surface area contributed by atoms with Crippen LogP contribution in [-0.2, 0) is 9.53 Å². The molecule has 0 aromatic rings. The molecule has 2 saturated heterocycles. The molecule has 76 valence electrons. The van der Waals surface area contributed by atoms with E-state index < -0.39 is 0 Å². The smallest absolute Gasteiger partial charge is 0.326 e. The second-order valence-corrected chi connectivity index (χ2v) is 4.83. The highest BCUT2D eigenvalue weighted by atomic mass is 16.5. The van der Waals surface area contributed by atoms with Gasteiger partial charge in [-0.05, 0) is 24.7 Å². The highest BCUT2D eigenvalue weighted by Gasteiger charge is 2.68. The number of fused-ring (bicyclic) bond motifs is 3. The van der Waals surface area contributed by atoms with Gasteiger partial charge >= 0.3 is 5.97 Å². The van der Waals surface area contributed by atoms with E-state index >= 15 is 0 Å². The van der Waals surface area contributed by atoms with E-state index in [-0.39, 0.29) is 11.5 Å². The molecule has 2 heterocycles. The number of carbonyl (C=O) groups is 1. The van der Waals surface area contributed by atoms with Gasteiger partial charge in [0.1, 0.15) is 5.54 Å². The Labute approximate surface area is 83.7 Å². The minimum absolute atomic E-state index is 0.0406. The van der Waals surface area contributed by atoms with Crippen molar-refractivity contribution in [2.45, 2.75) is 18.4 Å². The summed E-state index contributed by atoms with van der Waals surface area (Å²) in [7, 11) is 1.49. The molecule has 3 heteroatoms. The molecule has 3 fully saturated rings. The van der Waals surface area contributed by atoms with Crippen LogP contribution in [0.3, 0.4) is 0 Å². The summed E-state index contributed by atoms with van der Waals surface area (Å²) in [6.07, 6.45) is 2.03. The van der Waals surface area contributed by atoms with Gasteiger partial charge in [-0.3, -0.25) is 9.69 Å². The zero-order valence-corrected chi connectivity index (χ0v) is 8.45. The van der Waals surface area contributed by atoms with Gasteiger partial charge in [-0.25, -0.2) is 0 Å². The minimum Gasteiger partial charge on any atom is -0.468 e. The lowest BCUT2D eigenvalue weighted by Crippen LogP contribution is -2.49. The molecule has 1 aliphatic carbocycles. The first-order chi connectivity index (χ1) is 6.68. The van der Waals surface area contributed by atoms with Crippen molar-refractivity contribution in [3.63, 3.8) is 0 Å². The van der Waals surface area contributed by atoms with Crippen molar-refractivity contribution in [1.29, 1.82) is 0 Å². The fourth-order valence-corrected chi connectivity index (χ4v) is 3.40. The second-order valence-electron chi connectivity index (χ2n) is 4.83. The number of piperidine rings is 1. The van der Waals surface area contributed by atoms with Gasteiger partial charge in [0.05, 0.1) is 7.11 Å². The SMILES string of the molecule is C=C1CN2C[C@@H]3C[C@@H]3[C@]2(C(=O)OC)C1. The maximum Gasteiger partial charge on any atom is 0.326 e. The molecule has 3 aliphatic rings. The van der Waals surface area contributed by atoms with E-state index in [9.17, 15) is 4.79 Å². The normalized spacial score (nSPS) is 44.8. The molecular formula is C11H15NO2. The van der Waals surface area contributed by atoms with Gasteiger partial charge < -0.3 is 4.74 Å². The van der Waals surface area contributed by atoms with Gasteiger partial charge in [0.25, 0.3) is 0 Å². The van der Waals surface area contributed by atoms with Crippen LogP contribution in [0.4, 0.5) is 0 Å². The van der Waals surface area contributed by atoms with Crippen LogP contribution in [0.25, 0.3) is 0 Å². The summed E-state index contributed by atoms with van der Waals surface area (Å²) in [5.41, 5.74) is 0.872. The number of carbonyl (C=O) groups excluding carboxylic acids is 1. The zero-order chi connectivity index (χ0) is 9.92. The third kappa shape index (κ3) is 0.793. The Morgan fingerprint density at radius 2 is 2.50 bits per heavy atom. The van der Waals surface area contributed by atoms with E-state index in [0.717, 1.165) is 25.4 Å². The van der Waals surface area contributed by atoms with Gasteiger partial charge in [-0.2, -0.15) is 0 Å². The van der Waals surface area contributed by atoms with Gasteiger partial charge in [-0.1, -0.05) is 12.2 Å². The molecule has 0 unspecified atom stereocenters. The third-order valence-corrected chi connectivity index (χ3v) is 4.03. The van der Waals surface area contributed by atoms with E-state index in [1.54, 1.807) is 0 Å². The summed E-state index contributed by atoms with van der Waals surface area (Å²) in [5, 5.41) is 0. The lowest BCUT2D eigenvalue weighted by molar-refractivity contribution is -0.153. The standard InChI is InChI=1S/C11H15NO2/c1-7-4-11(10(13)14-2)9-3-8(9)6-12(11)5-7/h8-9H,1,3-6H2,2H3/t8-,9-,11-/m0/s1. The van der Waals surface area contributed by atoms with Crippen molar-refractivity contribution in [3.8, 4) is 0 Å². The predicted molar refractivity (Wildman–Crippen MR) is 51.7 cm³/mol. The fraction of sp³-hybridized carbons (Fsp3) is 0.727. The Kier molecular flexibility index (Phi) is 1.45. The quantitative estimate of drug-likeness (QED) is 0.456. The fourth-order valence-electron chi connectivity index (χ4n) is 3.40. The first kappa shape index (κ1) is 8.48. The van der Waals surface area contributed by atoms with Crippen molar-refractivity contribution in [1.82, 2.24) is 4.90 Å². The Balaban J connectivity index is 1.99. The summed E-state index contributed by atoms with van der Waals surface area (Å²) in [5.74, 6) is 1.26. The lowest BCUT2D eigenvalue weighted by atomic mass is 9.90. The highest BCUT2D eigenvalue weighted by molar-refractivity contribution is 5.84. The monoisotopic (exact) mass is 193 g/mol. The molecule has 0 N–H and O–H groups in total. The maximum absolute atomic E-state index is 11.9. The van der Waals surface area contributed by atoms with Crippen LogP contribution >= 0.6 is 0 Å². The molecule has 0 radical (unpaired) electrons. The zero-order valence-electron chi connectivity index (χ0n) is 8.45. The molecule has 0 aromatic carbocycles. The predicted octanol–water partition coefficient (Wildman–Crippen LogP) is 0.810. The van der Waals surface area contributed by atoms with E-state index in [1.165, 1.54) is 19.1 Å². The van der Waals surface area contributed by atoms with Crippen LogP contribution in [-0.4, -0.2) is 36.6 Å². The number of hydrogen-bond donors (Lipinski definition) is 0. The number of esters is 1. The molecule has 3 rings (SSSR count). The number of nitrogens with zero attached hydrogens (tertiary/aromatic N) is 1. The van der Waals surface area contributed by atoms with E-state index in [0.29, 0.717) is 5.92 Å². The number of rotatable bonds is 1. The number of ether oxygens (including phenoxy) is 1. The summed E-state index contributed by atoms with van der Waals surface area (Å²) in [4.78, 5) is 14.2. The summed E-state index contributed by atoms with van der Waals surface area (Å²) >= 11 is 0. The minimum atomic E-state index is -0.309. The molecule has 2 aliphatic heterocycles. The lowest BCUT2D eigenvalue weighted by Gasteiger charge is -2.31. The van der Waals surface area contributed by atoms with Gasteiger partial charge in [0.15, 0.2) is 0 Å². The van der Waals surface area contributed by atoms with Crippen LogP contribution < -0.4 is 0 Å². The van der Waals surface area contributed by atoms with Crippen LogP contribution in [0.15, 0.2) is 12.2 Å². The van der Waals surface area contributed by atoms with Crippen LogP contribution in [0.2, 0.25) is 0 Å². The average Bonchev–Trinajstić information content (AvgIpc) is 2.74. The number of methoxy groups -OCH3 is 1. The van der Waals surface area contributed by atoms with Gasteiger partial charge in [0.2, 0.25) is 0 Å². The van der Waals surface area contributed by atoms with Crippen LogP contribution in [0, 0.1) is 11.8 Å². The first-order valence-electron chi connectivity index (χ1n) is 5.18. The van der Waals surface area contributed by atoms with E-state index in [1.807, 2.05) is 0 Å². The second kappa shape index (κ2) is 2.40. The number of hydrogen-bond acceptors (Lipinski definition) is 3. The molecule has 1 saturated carbocycles. The van der Waals surface area contributed by atoms with Crippen molar-refractivity contribution in [3.05, 3.63) is 12.2 Å². The average molecular weight is 193 g/mol. The Hall–Kier alpha value is -0.830. The molecule has 14 heavy (non-hydrogen) atoms. The molecular weight excluding hydrogens is 178 g/mol. The van der Waals surface area contributed by atoms with Crippen molar-refractivity contribution in [2.75, 3.05) is 20.2 Å². The van der Waals surface area contributed by atoms with E-state index in [2.05, 4.69) is 11.5 Å². The highest BCUT2D eigenvalue weighted by Crippen LogP contribution is 2.60. The third-order valence-electron chi connectivity index (χ3n) is 4.03. The van der Waals surface area contributed by atoms with Crippen LogP contribution in [0.1, 0.15) is 12.8 Å². The van der Waals surface area contributed by atoms with Gasteiger partial charge in [-0.15, -0.1) is 0 Å². The van der Waals surface area contributed by atoms with Crippen LogP contribution in [0.5, 0.6) is 0 Å². The van der Waals surface area contributed by atoms with Gasteiger partial charge in [0, 0.05) is 13.1 Å². The Morgan fingerprint density at radius 1 is 1.71 bits per heavy atom. The summed E-state index contributed by atoms with van der Waals surface area (Å²) in [6, 6.07) is 0. The first-order valence-corrected chi connectivity index (χ1v) is 5.18. The molecule has 0 bridgehead atoms. The molecule has 3 nitrogen and oxygen atoms in total. The molecule has 0 spiro atoms. The van der Waals surface area contributed by atoms with Crippen molar-refractivity contribution < 1.29 is 9.53 Å². The van der Waals surface area contributed by atoms with E-state index in [4.69, 9.17) is 4.74 Å². The topological polar surface area (TPSA) is 29.5 Å². The largest absolute Gasteiger partial charge is 0.468 e. The molecule has 3 atom stereocenters. The Morgan fingerprint density at radius 3 is 3.21 bits per heavy atom. The molecule has 0 aromatic heterocycles.